The second kappa shape index (κ2) is 8.28. The number of carboxylic acid groups (broad SMARTS) is 1. The summed E-state index contributed by atoms with van der Waals surface area (Å²) in [6.45, 7) is 1.20. The topological polar surface area (TPSA) is 105 Å². The van der Waals surface area contributed by atoms with Crippen molar-refractivity contribution in [3.05, 3.63) is 29.8 Å². The minimum absolute atomic E-state index is 0.0675. The number of amides is 2. The van der Waals surface area contributed by atoms with E-state index in [1.807, 2.05) is 0 Å². The molecule has 1 aliphatic heterocycles. The Kier molecular flexibility index (Phi) is 6.10. The lowest BCUT2D eigenvalue weighted by Gasteiger charge is -2.11. The molecule has 1 heterocycles. The van der Waals surface area contributed by atoms with Crippen LogP contribution >= 0.6 is 0 Å². The van der Waals surface area contributed by atoms with Gasteiger partial charge in [-0.3, -0.25) is 14.4 Å². The number of benzene rings is 1. The quantitative estimate of drug-likeness (QED) is 0.704. The number of ether oxygens (including phenoxy) is 1. The lowest BCUT2D eigenvalue weighted by atomic mass is 10.1. The first kappa shape index (κ1) is 17.0. The van der Waals surface area contributed by atoms with Gasteiger partial charge in [0.2, 0.25) is 5.91 Å². The van der Waals surface area contributed by atoms with Crippen LogP contribution in [0.5, 0.6) is 0 Å². The summed E-state index contributed by atoms with van der Waals surface area (Å²) in [6.07, 6.45) is 1.69. The van der Waals surface area contributed by atoms with E-state index in [4.69, 9.17) is 9.84 Å². The van der Waals surface area contributed by atoms with E-state index in [9.17, 15) is 14.4 Å². The second-order valence-corrected chi connectivity index (χ2v) is 5.37. The maximum atomic E-state index is 12.1. The Hall–Kier alpha value is -2.41. The number of carboxylic acids is 1. The van der Waals surface area contributed by atoms with Crippen LogP contribution in [0, 0.1) is 0 Å². The summed E-state index contributed by atoms with van der Waals surface area (Å²) in [5.41, 5.74) is 0.893. The summed E-state index contributed by atoms with van der Waals surface area (Å²) < 4.78 is 5.44. The highest BCUT2D eigenvalue weighted by molar-refractivity contribution is 5.97. The zero-order chi connectivity index (χ0) is 16.7. The highest BCUT2D eigenvalue weighted by Crippen LogP contribution is 2.13. The molecule has 2 amide bonds. The van der Waals surface area contributed by atoms with Gasteiger partial charge in [-0.05, 0) is 31.0 Å². The van der Waals surface area contributed by atoms with Crippen LogP contribution in [-0.2, 0) is 14.3 Å². The van der Waals surface area contributed by atoms with Crippen LogP contribution in [0.15, 0.2) is 24.3 Å². The molecule has 0 radical (unpaired) electrons. The largest absolute Gasteiger partial charge is 0.481 e. The molecule has 1 aliphatic rings. The Bertz CT molecular complexity index is 582. The Morgan fingerprint density at radius 2 is 2.09 bits per heavy atom. The second-order valence-electron chi connectivity index (χ2n) is 5.37. The Balaban J connectivity index is 1.86. The van der Waals surface area contributed by atoms with E-state index in [0.29, 0.717) is 17.8 Å². The zero-order valence-corrected chi connectivity index (χ0v) is 12.7. The van der Waals surface area contributed by atoms with Crippen molar-refractivity contribution in [1.29, 1.82) is 0 Å². The number of carbonyl (C=O) groups excluding carboxylic acids is 2. The first-order valence-corrected chi connectivity index (χ1v) is 7.56. The summed E-state index contributed by atoms with van der Waals surface area (Å²) in [7, 11) is 0. The van der Waals surface area contributed by atoms with Crippen LogP contribution in [0.25, 0.3) is 0 Å². The Labute approximate surface area is 134 Å². The fraction of sp³-hybridized carbons (Fsp3) is 0.438. The molecule has 1 aromatic rings. The average Bonchev–Trinajstić information content (AvgIpc) is 3.04. The lowest BCUT2D eigenvalue weighted by Crippen LogP contribution is -2.31. The van der Waals surface area contributed by atoms with Crippen molar-refractivity contribution in [2.24, 2.45) is 0 Å². The van der Waals surface area contributed by atoms with Gasteiger partial charge >= 0.3 is 5.97 Å². The summed E-state index contributed by atoms with van der Waals surface area (Å²) in [4.78, 5) is 34.1. The first-order chi connectivity index (χ1) is 11.0. The maximum absolute atomic E-state index is 12.1. The van der Waals surface area contributed by atoms with Gasteiger partial charge in [-0.1, -0.05) is 6.07 Å². The summed E-state index contributed by atoms with van der Waals surface area (Å²) >= 11 is 0. The molecular formula is C16H20N2O5. The van der Waals surface area contributed by atoms with Crippen LogP contribution < -0.4 is 10.6 Å². The normalized spacial score (nSPS) is 16.8. The van der Waals surface area contributed by atoms with Gasteiger partial charge in [0.15, 0.2) is 0 Å². The number of anilines is 1. The highest BCUT2D eigenvalue weighted by Gasteiger charge is 2.17. The maximum Gasteiger partial charge on any atom is 0.303 e. The standard InChI is InChI=1S/C16H20N2O5/c19-14(6-7-15(20)21)18-12-4-1-3-11(9-12)16(22)17-10-13-5-2-8-23-13/h1,3-4,9,13H,2,5-8,10H2,(H,17,22)(H,18,19)(H,20,21)/t13-/m0/s1. The molecule has 0 bridgehead atoms. The molecule has 1 saturated heterocycles. The van der Waals surface area contributed by atoms with Crippen molar-refractivity contribution in [3.63, 3.8) is 0 Å². The molecule has 0 saturated carbocycles. The van der Waals surface area contributed by atoms with Gasteiger partial charge in [-0.15, -0.1) is 0 Å². The molecule has 0 unspecified atom stereocenters. The predicted octanol–water partition coefficient (Wildman–Crippen LogP) is 1.40. The van der Waals surface area contributed by atoms with Crippen LogP contribution in [0.1, 0.15) is 36.0 Å². The van der Waals surface area contributed by atoms with E-state index in [0.717, 1.165) is 19.4 Å². The number of hydrogen-bond donors (Lipinski definition) is 3. The van der Waals surface area contributed by atoms with Crippen molar-refractivity contribution >= 4 is 23.5 Å². The smallest absolute Gasteiger partial charge is 0.303 e. The summed E-state index contributed by atoms with van der Waals surface area (Å²) in [6, 6.07) is 6.52. The van der Waals surface area contributed by atoms with Gasteiger partial charge in [0.1, 0.15) is 0 Å². The zero-order valence-electron chi connectivity index (χ0n) is 12.7. The fourth-order valence-electron chi connectivity index (χ4n) is 2.30. The SMILES string of the molecule is O=C(O)CCC(=O)Nc1cccc(C(=O)NC[C@@H]2CCCO2)c1. The van der Waals surface area contributed by atoms with E-state index < -0.39 is 11.9 Å². The summed E-state index contributed by atoms with van der Waals surface area (Å²) in [5, 5.41) is 13.9. The monoisotopic (exact) mass is 320 g/mol. The molecule has 23 heavy (non-hydrogen) atoms. The molecule has 0 spiro atoms. The van der Waals surface area contributed by atoms with Crippen LogP contribution in [0.2, 0.25) is 0 Å². The lowest BCUT2D eigenvalue weighted by molar-refractivity contribution is -0.138. The minimum atomic E-state index is -1.03. The fourth-order valence-corrected chi connectivity index (χ4v) is 2.30. The van der Waals surface area contributed by atoms with Crippen LogP contribution in [-0.4, -0.2) is 42.1 Å². The van der Waals surface area contributed by atoms with Crippen molar-refractivity contribution in [3.8, 4) is 0 Å². The first-order valence-electron chi connectivity index (χ1n) is 7.56. The third kappa shape index (κ3) is 5.71. The molecule has 1 aromatic carbocycles. The third-order valence-corrected chi connectivity index (χ3v) is 3.49. The van der Waals surface area contributed by atoms with Gasteiger partial charge in [0, 0.05) is 30.8 Å². The van der Waals surface area contributed by atoms with Crippen LogP contribution in [0.4, 0.5) is 5.69 Å². The van der Waals surface area contributed by atoms with E-state index >= 15 is 0 Å². The molecule has 0 aromatic heterocycles. The number of carbonyl (C=O) groups is 3. The van der Waals surface area contributed by atoms with Crippen molar-refractivity contribution < 1.29 is 24.2 Å². The molecule has 1 atom stereocenters. The molecule has 7 heteroatoms. The molecule has 124 valence electrons. The van der Waals surface area contributed by atoms with E-state index in [1.165, 1.54) is 0 Å². The van der Waals surface area contributed by atoms with E-state index in [1.54, 1.807) is 24.3 Å². The van der Waals surface area contributed by atoms with Crippen molar-refractivity contribution in [2.45, 2.75) is 31.8 Å². The molecule has 7 nitrogen and oxygen atoms in total. The van der Waals surface area contributed by atoms with Gasteiger partial charge in [0.25, 0.3) is 5.91 Å². The molecule has 1 fully saturated rings. The Morgan fingerprint density at radius 3 is 2.78 bits per heavy atom. The summed E-state index contributed by atoms with van der Waals surface area (Å²) in [5.74, 6) is -1.66. The molecule has 2 rings (SSSR count). The highest BCUT2D eigenvalue weighted by atomic mass is 16.5. The molecular weight excluding hydrogens is 300 g/mol. The van der Waals surface area contributed by atoms with Crippen molar-refractivity contribution in [1.82, 2.24) is 5.32 Å². The van der Waals surface area contributed by atoms with Gasteiger partial charge in [0.05, 0.1) is 12.5 Å². The average molecular weight is 320 g/mol. The number of nitrogens with one attached hydrogen (secondary N) is 2. The Morgan fingerprint density at radius 1 is 1.26 bits per heavy atom. The molecule has 0 aliphatic carbocycles. The minimum Gasteiger partial charge on any atom is -0.481 e. The number of aliphatic carboxylic acids is 1. The molecule has 3 N–H and O–H groups in total. The third-order valence-electron chi connectivity index (χ3n) is 3.49. The predicted molar refractivity (Wildman–Crippen MR) is 83.2 cm³/mol. The van der Waals surface area contributed by atoms with E-state index in [-0.39, 0.29) is 24.9 Å². The van der Waals surface area contributed by atoms with Crippen molar-refractivity contribution in [2.75, 3.05) is 18.5 Å². The number of hydrogen-bond acceptors (Lipinski definition) is 4. The van der Waals surface area contributed by atoms with Gasteiger partial charge in [-0.25, -0.2) is 0 Å². The van der Waals surface area contributed by atoms with E-state index in [2.05, 4.69) is 10.6 Å². The van der Waals surface area contributed by atoms with Crippen LogP contribution in [0.3, 0.4) is 0 Å². The number of rotatable bonds is 7. The van der Waals surface area contributed by atoms with Gasteiger partial charge in [-0.2, -0.15) is 0 Å². The van der Waals surface area contributed by atoms with Gasteiger partial charge < -0.3 is 20.5 Å².